The molecule has 0 aliphatic heterocycles. The number of ether oxygens (including phenoxy) is 1. The minimum Gasteiger partial charge on any atom is -0.489 e. The van der Waals surface area contributed by atoms with E-state index < -0.39 is 0 Å². The molecule has 0 aliphatic rings. The van der Waals surface area contributed by atoms with Gasteiger partial charge in [0.05, 0.1) is 10.7 Å². The molecule has 0 saturated heterocycles. The highest BCUT2D eigenvalue weighted by molar-refractivity contribution is 8.11. The van der Waals surface area contributed by atoms with Gasteiger partial charge in [-0.25, -0.2) is 4.39 Å². The number of hydrogen-bond acceptors (Lipinski definition) is 4. The van der Waals surface area contributed by atoms with Crippen LogP contribution in [0.15, 0.2) is 36.4 Å². The van der Waals surface area contributed by atoms with E-state index in [1.807, 2.05) is 32.2 Å². The Hall–Kier alpha value is -1.72. The van der Waals surface area contributed by atoms with Crippen LogP contribution >= 0.6 is 23.4 Å². The lowest BCUT2D eigenvalue weighted by Crippen LogP contribution is -2.02. The summed E-state index contributed by atoms with van der Waals surface area (Å²) in [5.41, 5.74) is 3.37. The zero-order valence-electron chi connectivity index (χ0n) is 13.2. The van der Waals surface area contributed by atoms with E-state index in [9.17, 15) is 4.39 Å². The fourth-order valence-electron chi connectivity index (χ4n) is 1.90. The quantitative estimate of drug-likeness (QED) is 0.770. The Morgan fingerprint density at radius 1 is 1.35 bits per heavy atom. The minimum atomic E-state index is -0.261. The third-order valence-electron chi connectivity index (χ3n) is 2.97. The molecule has 0 fully saturated rings. The van der Waals surface area contributed by atoms with E-state index in [0.717, 1.165) is 22.4 Å². The number of benzene rings is 2. The molecule has 2 rings (SSSR count). The van der Waals surface area contributed by atoms with Crippen LogP contribution in [0.1, 0.15) is 11.1 Å². The number of aryl methyl sites for hydroxylation is 1. The monoisotopic (exact) mass is 355 g/mol. The summed E-state index contributed by atoms with van der Waals surface area (Å²) in [6.07, 6.45) is 1.73. The maximum Gasteiger partial charge on any atom is 0.175 e. The highest BCUT2D eigenvalue weighted by Gasteiger charge is 2.07. The van der Waals surface area contributed by atoms with Gasteiger partial charge in [-0.3, -0.25) is 4.79 Å². The molecule has 23 heavy (non-hydrogen) atoms. The van der Waals surface area contributed by atoms with Crippen LogP contribution in [-0.2, 0) is 11.4 Å². The SMILES string of the molecule is CNc1c(Cl)cccc1COc1ccc(F)cc1C.CSC=O. The first-order chi connectivity index (χ1) is 11.0. The molecule has 124 valence electrons. The van der Waals surface area contributed by atoms with Gasteiger partial charge < -0.3 is 10.1 Å². The molecule has 0 bridgehead atoms. The number of nitrogens with one attached hydrogen (secondary N) is 1. The molecule has 0 saturated carbocycles. The van der Waals surface area contributed by atoms with Crippen LogP contribution in [0.25, 0.3) is 0 Å². The summed E-state index contributed by atoms with van der Waals surface area (Å²) in [7, 11) is 1.81. The predicted octanol–water partition coefficient (Wildman–Crippen LogP) is 4.95. The van der Waals surface area contributed by atoms with Crippen LogP contribution in [0.2, 0.25) is 5.02 Å². The zero-order valence-corrected chi connectivity index (χ0v) is 14.8. The molecule has 0 unspecified atom stereocenters. The maximum atomic E-state index is 13.0. The molecule has 1 N–H and O–H groups in total. The minimum absolute atomic E-state index is 0.261. The van der Waals surface area contributed by atoms with Crippen molar-refractivity contribution in [2.75, 3.05) is 18.6 Å². The van der Waals surface area contributed by atoms with Gasteiger partial charge in [0.2, 0.25) is 0 Å². The lowest BCUT2D eigenvalue weighted by molar-refractivity contribution is 0.304. The fraction of sp³-hybridized carbons (Fsp3) is 0.235. The van der Waals surface area contributed by atoms with Gasteiger partial charge in [-0.05, 0) is 43.0 Å². The topological polar surface area (TPSA) is 38.3 Å². The predicted molar refractivity (Wildman–Crippen MR) is 96.7 cm³/mol. The van der Waals surface area contributed by atoms with Crippen LogP contribution in [0.4, 0.5) is 10.1 Å². The first-order valence-electron chi connectivity index (χ1n) is 6.84. The smallest absolute Gasteiger partial charge is 0.175 e. The molecule has 0 spiro atoms. The van der Waals surface area contributed by atoms with E-state index in [0.29, 0.717) is 17.4 Å². The van der Waals surface area contributed by atoms with Crippen molar-refractivity contribution in [3.63, 3.8) is 0 Å². The summed E-state index contributed by atoms with van der Waals surface area (Å²) in [4.78, 5) is 9.14. The largest absolute Gasteiger partial charge is 0.489 e. The van der Waals surface area contributed by atoms with Crippen molar-refractivity contribution in [2.45, 2.75) is 13.5 Å². The van der Waals surface area contributed by atoms with Crippen LogP contribution < -0.4 is 10.1 Å². The van der Waals surface area contributed by atoms with Crippen molar-refractivity contribution >= 4 is 34.7 Å². The Morgan fingerprint density at radius 2 is 2.04 bits per heavy atom. The van der Waals surface area contributed by atoms with Gasteiger partial charge >= 0.3 is 0 Å². The second-order valence-corrected chi connectivity index (χ2v) is 5.63. The normalized spacial score (nSPS) is 9.61. The number of halogens is 2. The van der Waals surface area contributed by atoms with E-state index in [1.165, 1.54) is 23.9 Å². The van der Waals surface area contributed by atoms with Crippen molar-refractivity contribution in [2.24, 2.45) is 0 Å². The molecule has 0 aliphatic carbocycles. The van der Waals surface area contributed by atoms with Gasteiger partial charge in [0, 0.05) is 12.6 Å². The van der Waals surface area contributed by atoms with Gasteiger partial charge in [-0.2, -0.15) is 0 Å². The van der Waals surface area contributed by atoms with Crippen molar-refractivity contribution < 1.29 is 13.9 Å². The Morgan fingerprint density at radius 3 is 2.61 bits per heavy atom. The summed E-state index contributed by atoms with van der Waals surface area (Å²) < 4.78 is 18.7. The third-order valence-corrected chi connectivity index (χ3v) is 3.47. The number of anilines is 1. The first kappa shape index (κ1) is 19.3. The summed E-state index contributed by atoms with van der Waals surface area (Å²) in [6.45, 7) is 2.19. The summed E-state index contributed by atoms with van der Waals surface area (Å²) in [5.74, 6) is 0.409. The average Bonchev–Trinajstić information content (AvgIpc) is 2.54. The van der Waals surface area contributed by atoms with Crippen molar-refractivity contribution in [1.29, 1.82) is 0 Å². The molecule has 0 radical (unpaired) electrons. The lowest BCUT2D eigenvalue weighted by Gasteiger charge is -2.13. The summed E-state index contributed by atoms with van der Waals surface area (Å²) in [5, 5.41) is 3.70. The molecule has 2 aromatic rings. The third kappa shape index (κ3) is 6.12. The van der Waals surface area contributed by atoms with Crippen LogP contribution in [-0.4, -0.2) is 18.9 Å². The maximum absolute atomic E-state index is 13.0. The number of carbonyl (C=O) groups is 1. The highest BCUT2D eigenvalue weighted by atomic mass is 35.5. The standard InChI is InChI=1S/C15H15ClFNO.C2H4OS/c1-10-8-12(17)6-7-14(10)19-9-11-4-3-5-13(16)15(11)18-2;1-4-2-3/h3-8,18H,9H2,1-2H3;2H,1H3. The second kappa shape index (κ2) is 10.1. The number of thioether (sulfide) groups is 1. The Labute approximate surface area is 145 Å². The second-order valence-electron chi connectivity index (χ2n) is 4.55. The molecule has 0 amide bonds. The molecule has 6 heteroatoms. The summed E-state index contributed by atoms with van der Waals surface area (Å²) in [6, 6.07) is 10.1. The van der Waals surface area contributed by atoms with E-state index in [-0.39, 0.29) is 5.82 Å². The van der Waals surface area contributed by atoms with Gasteiger partial charge in [-0.1, -0.05) is 35.5 Å². The molecule has 0 heterocycles. The highest BCUT2D eigenvalue weighted by Crippen LogP contribution is 2.27. The Balaban J connectivity index is 0.000000593. The lowest BCUT2D eigenvalue weighted by atomic mass is 10.2. The summed E-state index contributed by atoms with van der Waals surface area (Å²) >= 11 is 7.27. The average molecular weight is 356 g/mol. The van der Waals surface area contributed by atoms with E-state index in [2.05, 4.69) is 5.32 Å². The van der Waals surface area contributed by atoms with E-state index >= 15 is 0 Å². The number of rotatable bonds is 5. The van der Waals surface area contributed by atoms with Crippen molar-refractivity contribution in [1.82, 2.24) is 0 Å². The molecular weight excluding hydrogens is 337 g/mol. The fourth-order valence-corrected chi connectivity index (χ4v) is 2.19. The number of hydrogen-bond donors (Lipinski definition) is 1. The molecule has 2 aromatic carbocycles. The molecule has 0 aromatic heterocycles. The van der Waals surface area contributed by atoms with Gasteiger partial charge in [0.15, 0.2) is 5.62 Å². The molecular formula is C17H19ClFNO2S. The van der Waals surface area contributed by atoms with Crippen LogP contribution in [0, 0.1) is 12.7 Å². The first-order valence-corrected chi connectivity index (χ1v) is 8.50. The number of carbonyl (C=O) groups excluding carboxylic acids is 1. The van der Waals surface area contributed by atoms with Crippen LogP contribution in [0.3, 0.4) is 0 Å². The molecule has 0 atom stereocenters. The van der Waals surface area contributed by atoms with Gasteiger partial charge in [-0.15, -0.1) is 0 Å². The zero-order chi connectivity index (χ0) is 17.2. The van der Waals surface area contributed by atoms with E-state index in [4.69, 9.17) is 21.1 Å². The van der Waals surface area contributed by atoms with Crippen molar-refractivity contribution in [3.8, 4) is 5.75 Å². The van der Waals surface area contributed by atoms with Gasteiger partial charge in [0.25, 0.3) is 0 Å². The van der Waals surface area contributed by atoms with Crippen molar-refractivity contribution in [3.05, 3.63) is 58.4 Å². The Bertz CT molecular complexity index is 652. The molecule has 3 nitrogen and oxygen atoms in total. The Kier molecular flexibility index (Phi) is 8.51. The van der Waals surface area contributed by atoms with Gasteiger partial charge in [0.1, 0.15) is 18.2 Å². The number of para-hydroxylation sites is 1. The van der Waals surface area contributed by atoms with Crippen LogP contribution in [0.5, 0.6) is 5.75 Å². The van der Waals surface area contributed by atoms with E-state index in [1.54, 1.807) is 12.3 Å².